The summed E-state index contributed by atoms with van der Waals surface area (Å²) in [6.07, 6.45) is 3.92. The van der Waals surface area contributed by atoms with E-state index in [0.29, 0.717) is 0 Å². The first-order chi connectivity index (χ1) is 9.74. The molecule has 2 aromatic carbocycles. The number of hydrogen-bond donors (Lipinski definition) is 1. The third-order valence-corrected chi connectivity index (χ3v) is 4.60. The number of anilines is 1. The van der Waals surface area contributed by atoms with Gasteiger partial charge in [-0.1, -0.05) is 30.3 Å². The Bertz CT molecular complexity index is 603. The molecule has 0 unspecified atom stereocenters. The topological polar surface area (TPSA) is 29.1 Å². The Labute approximate surface area is 123 Å². The quantitative estimate of drug-likeness (QED) is 0.857. The molecule has 1 saturated carbocycles. The Kier molecular flexibility index (Phi) is 3.53. The Balaban J connectivity index is 1.76. The van der Waals surface area contributed by atoms with Gasteiger partial charge in [-0.05, 0) is 48.9 Å². The summed E-state index contributed by atoms with van der Waals surface area (Å²) in [4.78, 5) is 13.7. The van der Waals surface area contributed by atoms with Gasteiger partial charge in [0.2, 0.25) is 5.91 Å². The van der Waals surface area contributed by atoms with E-state index < -0.39 is 0 Å². The first-order valence-corrected chi connectivity index (χ1v) is 7.98. The van der Waals surface area contributed by atoms with Gasteiger partial charge >= 0.3 is 0 Å². The lowest BCUT2D eigenvalue weighted by atomic mass is 9.95. The Morgan fingerprint density at radius 3 is 2.25 bits per heavy atom. The maximum absolute atomic E-state index is 12.5. The summed E-state index contributed by atoms with van der Waals surface area (Å²) >= 11 is 1.70. The predicted molar refractivity (Wildman–Crippen MR) is 84.2 cm³/mol. The molecule has 2 nitrogen and oxygen atoms in total. The Hall–Kier alpha value is -1.74. The monoisotopic (exact) mass is 283 g/mol. The van der Waals surface area contributed by atoms with Crippen LogP contribution in [0.15, 0.2) is 59.5 Å². The molecular weight excluding hydrogens is 266 g/mol. The SMILES string of the molecule is CSc1ccc(NC(=O)C2(c3ccccc3)CC2)cc1. The van der Waals surface area contributed by atoms with Crippen LogP contribution in [0.4, 0.5) is 5.69 Å². The van der Waals surface area contributed by atoms with Gasteiger partial charge in [0.05, 0.1) is 5.41 Å². The van der Waals surface area contributed by atoms with Crippen molar-refractivity contribution in [1.82, 2.24) is 0 Å². The summed E-state index contributed by atoms with van der Waals surface area (Å²) < 4.78 is 0. The van der Waals surface area contributed by atoms with Crippen LogP contribution in [0.5, 0.6) is 0 Å². The fourth-order valence-electron chi connectivity index (χ4n) is 2.45. The first kappa shape index (κ1) is 13.3. The van der Waals surface area contributed by atoms with Crippen molar-refractivity contribution in [1.29, 1.82) is 0 Å². The average molecular weight is 283 g/mol. The number of amides is 1. The van der Waals surface area contributed by atoms with Gasteiger partial charge in [-0.25, -0.2) is 0 Å². The highest BCUT2D eigenvalue weighted by Crippen LogP contribution is 2.48. The molecule has 1 aliphatic carbocycles. The number of carbonyl (C=O) groups excluding carboxylic acids is 1. The van der Waals surface area contributed by atoms with E-state index in [0.717, 1.165) is 24.1 Å². The van der Waals surface area contributed by atoms with Gasteiger partial charge in [0.15, 0.2) is 0 Å². The smallest absolute Gasteiger partial charge is 0.235 e. The first-order valence-electron chi connectivity index (χ1n) is 6.76. The molecule has 0 atom stereocenters. The molecule has 20 heavy (non-hydrogen) atoms. The molecule has 0 aromatic heterocycles. The summed E-state index contributed by atoms with van der Waals surface area (Å²) in [7, 11) is 0. The second-order valence-electron chi connectivity index (χ2n) is 5.13. The van der Waals surface area contributed by atoms with E-state index in [4.69, 9.17) is 0 Å². The zero-order chi connectivity index (χ0) is 14.0. The Morgan fingerprint density at radius 2 is 1.70 bits per heavy atom. The van der Waals surface area contributed by atoms with Crippen LogP contribution in [0.2, 0.25) is 0 Å². The fourth-order valence-corrected chi connectivity index (χ4v) is 2.86. The van der Waals surface area contributed by atoms with Crippen LogP contribution in [0, 0.1) is 0 Å². The minimum atomic E-state index is -0.306. The minimum Gasteiger partial charge on any atom is -0.325 e. The predicted octanol–water partition coefficient (Wildman–Crippen LogP) is 4.08. The third kappa shape index (κ3) is 2.46. The van der Waals surface area contributed by atoms with Gasteiger partial charge in [0.1, 0.15) is 0 Å². The van der Waals surface area contributed by atoms with Crippen LogP contribution in [-0.2, 0) is 10.2 Å². The molecule has 1 amide bonds. The second-order valence-corrected chi connectivity index (χ2v) is 6.01. The van der Waals surface area contributed by atoms with E-state index in [1.54, 1.807) is 11.8 Å². The summed E-state index contributed by atoms with van der Waals surface area (Å²) in [5, 5.41) is 3.05. The summed E-state index contributed by atoms with van der Waals surface area (Å²) in [5.41, 5.74) is 1.69. The zero-order valence-electron chi connectivity index (χ0n) is 11.4. The van der Waals surface area contributed by atoms with Crippen molar-refractivity contribution in [2.45, 2.75) is 23.2 Å². The molecule has 1 aliphatic rings. The maximum Gasteiger partial charge on any atom is 0.235 e. The Morgan fingerprint density at radius 1 is 1.05 bits per heavy atom. The number of carbonyl (C=O) groups is 1. The van der Waals surface area contributed by atoms with E-state index in [9.17, 15) is 4.79 Å². The molecule has 1 N–H and O–H groups in total. The van der Waals surface area contributed by atoms with Crippen molar-refractivity contribution in [3.05, 3.63) is 60.2 Å². The standard InChI is InChI=1S/C17H17NOS/c1-20-15-9-7-14(8-10-15)18-16(19)17(11-12-17)13-5-3-2-4-6-13/h2-10H,11-12H2,1H3,(H,18,19). The van der Waals surface area contributed by atoms with Crippen molar-refractivity contribution in [3.63, 3.8) is 0 Å². The highest BCUT2D eigenvalue weighted by Gasteiger charge is 2.51. The van der Waals surface area contributed by atoms with Crippen LogP contribution >= 0.6 is 11.8 Å². The molecule has 0 spiro atoms. The lowest BCUT2D eigenvalue weighted by Gasteiger charge is -2.15. The minimum absolute atomic E-state index is 0.112. The van der Waals surface area contributed by atoms with E-state index in [-0.39, 0.29) is 11.3 Å². The molecule has 1 fully saturated rings. The van der Waals surface area contributed by atoms with Crippen molar-refractivity contribution in [2.24, 2.45) is 0 Å². The van der Waals surface area contributed by atoms with Gasteiger partial charge in [-0.2, -0.15) is 0 Å². The molecule has 2 aromatic rings. The number of rotatable bonds is 4. The highest BCUT2D eigenvalue weighted by molar-refractivity contribution is 7.98. The molecule has 3 rings (SSSR count). The number of benzene rings is 2. The fraction of sp³-hybridized carbons (Fsp3) is 0.235. The lowest BCUT2D eigenvalue weighted by Crippen LogP contribution is -2.27. The average Bonchev–Trinajstić information content (AvgIpc) is 3.31. The summed E-state index contributed by atoms with van der Waals surface area (Å²) in [6, 6.07) is 18.1. The molecule has 102 valence electrons. The molecule has 0 heterocycles. The molecule has 3 heteroatoms. The van der Waals surface area contributed by atoms with Crippen molar-refractivity contribution in [3.8, 4) is 0 Å². The summed E-state index contributed by atoms with van der Waals surface area (Å²) in [5.74, 6) is 0.112. The second kappa shape index (κ2) is 5.33. The van der Waals surface area contributed by atoms with Crippen LogP contribution in [-0.4, -0.2) is 12.2 Å². The highest BCUT2D eigenvalue weighted by atomic mass is 32.2. The van der Waals surface area contributed by atoms with E-state index >= 15 is 0 Å². The normalized spacial score (nSPS) is 15.7. The van der Waals surface area contributed by atoms with E-state index in [1.807, 2.05) is 60.9 Å². The number of thioether (sulfide) groups is 1. The van der Waals surface area contributed by atoms with Gasteiger partial charge in [0, 0.05) is 10.6 Å². The van der Waals surface area contributed by atoms with Crippen molar-refractivity contribution in [2.75, 3.05) is 11.6 Å². The summed E-state index contributed by atoms with van der Waals surface area (Å²) in [6.45, 7) is 0. The lowest BCUT2D eigenvalue weighted by molar-refractivity contribution is -0.118. The molecule has 0 radical (unpaired) electrons. The molecule has 0 saturated heterocycles. The van der Waals surface area contributed by atoms with Crippen molar-refractivity contribution < 1.29 is 4.79 Å². The van der Waals surface area contributed by atoms with Gasteiger partial charge < -0.3 is 5.32 Å². The van der Waals surface area contributed by atoms with Crippen molar-refractivity contribution >= 4 is 23.4 Å². The van der Waals surface area contributed by atoms with Crippen LogP contribution in [0.25, 0.3) is 0 Å². The zero-order valence-corrected chi connectivity index (χ0v) is 12.2. The number of nitrogens with one attached hydrogen (secondary N) is 1. The van der Waals surface area contributed by atoms with E-state index in [1.165, 1.54) is 4.90 Å². The molecular formula is C17H17NOS. The van der Waals surface area contributed by atoms with Crippen LogP contribution in [0.3, 0.4) is 0 Å². The van der Waals surface area contributed by atoms with Crippen LogP contribution in [0.1, 0.15) is 18.4 Å². The van der Waals surface area contributed by atoms with Crippen LogP contribution < -0.4 is 5.32 Å². The maximum atomic E-state index is 12.5. The molecule has 0 aliphatic heterocycles. The third-order valence-electron chi connectivity index (χ3n) is 3.86. The van der Waals surface area contributed by atoms with Gasteiger partial charge in [-0.3, -0.25) is 4.79 Å². The van der Waals surface area contributed by atoms with E-state index in [2.05, 4.69) is 5.32 Å². The molecule has 0 bridgehead atoms. The van der Waals surface area contributed by atoms with Gasteiger partial charge in [-0.15, -0.1) is 11.8 Å². The largest absolute Gasteiger partial charge is 0.325 e. The number of hydrogen-bond acceptors (Lipinski definition) is 2. The van der Waals surface area contributed by atoms with Gasteiger partial charge in [0.25, 0.3) is 0 Å².